The Morgan fingerprint density at radius 2 is 2.09 bits per heavy atom. The third-order valence-corrected chi connectivity index (χ3v) is 2.26. The van der Waals surface area contributed by atoms with E-state index >= 15 is 0 Å². The molecule has 0 spiro atoms. The summed E-state index contributed by atoms with van der Waals surface area (Å²) >= 11 is 0. The first-order valence-corrected chi connectivity index (χ1v) is 4.47. The molecule has 5 nitrogen and oxygen atoms in total. The molecule has 0 bridgehead atoms. The van der Waals surface area contributed by atoms with Crippen molar-refractivity contribution in [2.24, 2.45) is 0 Å². The molecule has 11 heavy (non-hydrogen) atoms. The van der Waals surface area contributed by atoms with E-state index in [2.05, 4.69) is 4.18 Å². The van der Waals surface area contributed by atoms with Gasteiger partial charge in [0.2, 0.25) is 0 Å². The highest BCUT2D eigenvalue weighted by Crippen LogP contribution is 1.93. The van der Waals surface area contributed by atoms with Gasteiger partial charge in [-0.05, 0) is 0 Å². The molecule has 0 amide bonds. The van der Waals surface area contributed by atoms with Gasteiger partial charge in [0.25, 0.3) is 10.1 Å². The van der Waals surface area contributed by atoms with Gasteiger partial charge in [0, 0.05) is 6.42 Å². The lowest BCUT2D eigenvalue weighted by Crippen LogP contribution is -2.21. The molecule has 66 valence electrons. The van der Waals surface area contributed by atoms with Gasteiger partial charge in [-0.2, -0.15) is 8.42 Å². The third kappa shape index (κ3) is 4.88. The zero-order valence-electron chi connectivity index (χ0n) is 6.07. The maximum atomic E-state index is 10.5. The van der Waals surface area contributed by atoms with Crippen molar-refractivity contribution < 1.29 is 22.5 Å². The van der Waals surface area contributed by atoms with Crippen LogP contribution in [-0.2, 0) is 19.1 Å². The molecular formula is C5H9O5S-. The van der Waals surface area contributed by atoms with Crippen LogP contribution in [0.5, 0.6) is 0 Å². The molecule has 0 fully saturated rings. The second kappa shape index (κ2) is 4.42. The second-order valence-electron chi connectivity index (χ2n) is 1.86. The standard InChI is InChI=1S/C5H9O5S/c1-10-11(8,9)3-2-5(7)4-6/h2-4H2,1H3/q-1. The normalized spacial score (nSPS) is 11.5. The minimum atomic E-state index is -3.58. The maximum absolute atomic E-state index is 10.5. The van der Waals surface area contributed by atoms with E-state index in [1.54, 1.807) is 0 Å². The molecule has 0 saturated carbocycles. The van der Waals surface area contributed by atoms with Crippen LogP contribution < -0.4 is 5.11 Å². The summed E-state index contributed by atoms with van der Waals surface area (Å²) < 4.78 is 25.1. The fourth-order valence-corrected chi connectivity index (χ4v) is 1.04. The monoisotopic (exact) mass is 181 g/mol. The van der Waals surface area contributed by atoms with Gasteiger partial charge in [0.05, 0.1) is 12.9 Å². The van der Waals surface area contributed by atoms with Gasteiger partial charge >= 0.3 is 0 Å². The van der Waals surface area contributed by atoms with Gasteiger partial charge in [-0.15, -0.1) is 0 Å². The quantitative estimate of drug-likeness (QED) is 0.471. The number of ketones is 1. The third-order valence-electron chi connectivity index (χ3n) is 1.05. The molecule has 0 rings (SSSR count). The number of hydrogen-bond acceptors (Lipinski definition) is 5. The zero-order valence-corrected chi connectivity index (χ0v) is 6.89. The molecule has 0 aliphatic rings. The Hall–Kier alpha value is -0.460. The summed E-state index contributed by atoms with van der Waals surface area (Å²) in [5, 5.41) is 9.85. The Labute approximate surface area is 65.1 Å². The van der Waals surface area contributed by atoms with Crippen LogP contribution in [0.15, 0.2) is 0 Å². The van der Waals surface area contributed by atoms with Crippen LogP contribution in [0.3, 0.4) is 0 Å². The number of carbonyl (C=O) groups excluding carboxylic acids is 1. The molecule has 0 atom stereocenters. The van der Waals surface area contributed by atoms with Crippen LogP contribution in [0.25, 0.3) is 0 Å². The zero-order chi connectivity index (χ0) is 8.91. The smallest absolute Gasteiger partial charge is 0.267 e. The van der Waals surface area contributed by atoms with Crippen LogP contribution in [-0.4, -0.2) is 33.7 Å². The highest BCUT2D eigenvalue weighted by molar-refractivity contribution is 7.86. The van der Waals surface area contributed by atoms with E-state index in [-0.39, 0.29) is 6.42 Å². The van der Waals surface area contributed by atoms with Gasteiger partial charge in [0.1, 0.15) is 5.78 Å². The van der Waals surface area contributed by atoms with Gasteiger partial charge in [-0.25, -0.2) is 0 Å². The maximum Gasteiger partial charge on any atom is 0.267 e. The molecule has 0 radical (unpaired) electrons. The average Bonchev–Trinajstić information content (AvgIpc) is 2.00. The molecule has 0 aliphatic carbocycles. The van der Waals surface area contributed by atoms with Crippen molar-refractivity contribution in [2.75, 3.05) is 19.5 Å². The van der Waals surface area contributed by atoms with Crippen molar-refractivity contribution in [3.05, 3.63) is 0 Å². The van der Waals surface area contributed by atoms with Crippen LogP contribution in [0.1, 0.15) is 6.42 Å². The molecule has 0 saturated heterocycles. The highest BCUT2D eigenvalue weighted by atomic mass is 32.2. The number of Topliss-reactive ketones (excluding diaryl/α,β-unsaturated/α-hetero) is 1. The van der Waals surface area contributed by atoms with E-state index < -0.39 is 28.3 Å². The Kier molecular flexibility index (Phi) is 4.24. The van der Waals surface area contributed by atoms with E-state index in [4.69, 9.17) is 0 Å². The van der Waals surface area contributed by atoms with Crippen LogP contribution >= 0.6 is 0 Å². The van der Waals surface area contributed by atoms with E-state index in [1.807, 2.05) is 0 Å². The lowest BCUT2D eigenvalue weighted by molar-refractivity contribution is -0.354. The summed E-state index contributed by atoms with van der Waals surface area (Å²) in [5.74, 6) is -1.03. The van der Waals surface area contributed by atoms with Crippen molar-refractivity contribution >= 4 is 15.9 Å². The van der Waals surface area contributed by atoms with Crippen LogP contribution in [0, 0.1) is 0 Å². The van der Waals surface area contributed by atoms with Gasteiger partial charge < -0.3 is 9.90 Å². The van der Waals surface area contributed by atoms with E-state index in [1.165, 1.54) is 0 Å². The van der Waals surface area contributed by atoms with Crippen LogP contribution in [0.4, 0.5) is 0 Å². The fourth-order valence-electron chi connectivity index (χ4n) is 0.394. The number of hydrogen-bond donors (Lipinski definition) is 0. The van der Waals surface area contributed by atoms with Crippen molar-refractivity contribution in [1.82, 2.24) is 0 Å². The Morgan fingerprint density at radius 3 is 2.45 bits per heavy atom. The second-order valence-corrected chi connectivity index (χ2v) is 3.72. The van der Waals surface area contributed by atoms with Crippen molar-refractivity contribution in [3.8, 4) is 0 Å². The number of carbonyl (C=O) groups is 1. The lowest BCUT2D eigenvalue weighted by Gasteiger charge is -2.02. The average molecular weight is 181 g/mol. The van der Waals surface area contributed by atoms with Crippen LogP contribution in [0.2, 0.25) is 0 Å². The Morgan fingerprint density at radius 1 is 1.55 bits per heavy atom. The van der Waals surface area contributed by atoms with E-state index in [0.29, 0.717) is 0 Å². The molecule has 0 aliphatic heterocycles. The largest absolute Gasteiger partial charge is 0.849 e. The molecule has 6 heteroatoms. The molecule has 0 aromatic rings. The van der Waals surface area contributed by atoms with Gasteiger partial charge in [-0.3, -0.25) is 4.18 Å². The molecule has 0 unspecified atom stereocenters. The predicted molar refractivity (Wildman–Crippen MR) is 35.3 cm³/mol. The summed E-state index contributed by atoms with van der Waals surface area (Å²) in [4.78, 5) is 10.3. The molecular weight excluding hydrogens is 172 g/mol. The van der Waals surface area contributed by atoms with Crippen molar-refractivity contribution in [1.29, 1.82) is 0 Å². The minimum absolute atomic E-state index is 0.264. The molecule has 0 heterocycles. The first-order chi connectivity index (χ1) is 5.02. The lowest BCUT2D eigenvalue weighted by atomic mass is 10.3. The summed E-state index contributed by atoms with van der Waals surface area (Å²) in [6.07, 6.45) is -0.264. The summed E-state index contributed by atoms with van der Waals surface area (Å²) in [7, 11) is -2.57. The number of rotatable bonds is 5. The SMILES string of the molecule is COS(=O)(=O)CCC(=O)C[O-]. The predicted octanol–water partition coefficient (Wildman–Crippen LogP) is -1.72. The van der Waals surface area contributed by atoms with Crippen molar-refractivity contribution in [3.63, 3.8) is 0 Å². The minimum Gasteiger partial charge on any atom is -0.849 e. The topological polar surface area (TPSA) is 83.5 Å². The van der Waals surface area contributed by atoms with E-state index in [9.17, 15) is 18.3 Å². The van der Waals surface area contributed by atoms with Gasteiger partial charge in [0.15, 0.2) is 0 Å². The van der Waals surface area contributed by atoms with E-state index in [0.717, 1.165) is 7.11 Å². The van der Waals surface area contributed by atoms with Gasteiger partial charge in [-0.1, -0.05) is 6.61 Å². The van der Waals surface area contributed by atoms with Crippen molar-refractivity contribution in [2.45, 2.75) is 6.42 Å². The molecule has 0 aromatic heterocycles. The molecule has 0 N–H and O–H groups in total. The first-order valence-electron chi connectivity index (χ1n) is 2.90. The highest BCUT2D eigenvalue weighted by Gasteiger charge is 2.09. The molecule has 0 aromatic carbocycles. The summed E-state index contributed by atoms with van der Waals surface area (Å²) in [5.41, 5.74) is 0. The summed E-state index contributed by atoms with van der Waals surface area (Å²) in [6, 6.07) is 0. The Bertz CT molecular complexity index is 217. The Balaban J connectivity index is 3.80. The summed E-state index contributed by atoms with van der Waals surface area (Å²) in [6.45, 7) is -0.876. The fraction of sp³-hybridized carbons (Fsp3) is 0.800. The first kappa shape index (κ1) is 10.5.